The van der Waals surface area contributed by atoms with Gasteiger partial charge >= 0.3 is 6.03 Å². The minimum atomic E-state index is -1.40. The Bertz CT molecular complexity index is 1310. The number of hydrogen-bond donors (Lipinski definition) is 1. The zero-order valence-electron chi connectivity index (χ0n) is 16.3. The molecule has 1 fully saturated rings. The van der Waals surface area contributed by atoms with E-state index in [9.17, 15) is 14.4 Å². The Morgan fingerprint density at radius 3 is 2.00 bits per heavy atom. The molecule has 0 bridgehead atoms. The molecule has 1 aliphatic heterocycles. The predicted octanol–water partition coefficient (Wildman–Crippen LogP) is 2.24. The Hall–Kier alpha value is -4.33. The molecule has 0 radical (unpaired) electrons. The first-order chi connectivity index (χ1) is 15.1. The molecular formula is C23H17N5O3. The fourth-order valence-electron chi connectivity index (χ4n) is 3.89. The van der Waals surface area contributed by atoms with Crippen molar-refractivity contribution >= 4 is 22.8 Å². The van der Waals surface area contributed by atoms with Crippen LogP contribution in [0.3, 0.4) is 0 Å². The third-order valence-electron chi connectivity index (χ3n) is 5.42. The van der Waals surface area contributed by atoms with Gasteiger partial charge in [-0.2, -0.15) is 4.68 Å². The monoisotopic (exact) mass is 411 g/mol. The molecular weight excluding hydrogens is 394 g/mol. The zero-order chi connectivity index (χ0) is 21.4. The quantitative estimate of drug-likeness (QED) is 0.520. The van der Waals surface area contributed by atoms with Gasteiger partial charge in [0, 0.05) is 0 Å². The first-order valence-corrected chi connectivity index (χ1v) is 9.69. The smallest absolute Gasteiger partial charge is 0.315 e. The number of hydrogen-bond acceptors (Lipinski definition) is 5. The topological polar surface area (TPSA) is 97.2 Å². The average Bonchev–Trinajstić information content (AvgIpc) is 3.08. The number of nitrogens with zero attached hydrogens (tertiary/aromatic N) is 4. The summed E-state index contributed by atoms with van der Waals surface area (Å²) < 4.78 is 1.02. The first kappa shape index (κ1) is 18.7. The van der Waals surface area contributed by atoms with Crippen molar-refractivity contribution in [3.8, 4) is 0 Å². The van der Waals surface area contributed by atoms with Gasteiger partial charge in [-0.05, 0) is 23.3 Å². The maximum atomic E-state index is 13.7. The van der Waals surface area contributed by atoms with Gasteiger partial charge in [0.15, 0.2) is 5.54 Å². The summed E-state index contributed by atoms with van der Waals surface area (Å²) in [6, 6.07) is 24.2. The lowest BCUT2D eigenvalue weighted by Gasteiger charge is -2.28. The van der Waals surface area contributed by atoms with Gasteiger partial charge in [-0.25, -0.2) is 9.69 Å². The average molecular weight is 411 g/mol. The van der Waals surface area contributed by atoms with Crippen molar-refractivity contribution in [3.63, 3.8) is 0 Å². The zero-order valence-corrected chi connectivity index (χ0v) is 16.3. The number of benzene rings is 3. The van der Waals surface area contributed by atoms with E-state index < -0.39 is 23.0 Å². The van der Waals surface area contributed by atoms with E-state index in [2.05, 4.69) is 15.6 Å². The maximum absolute atomic E-state index is 13.7. The van der Waals surface area contributed by atoms with Crippen molar-refractivity contribution < 1.29 is 9.59 Å². The summed E-state index contributed by atoms with van der Waals surface area (Å²) in [5, 5.41) is 11.2. The number of carbonyl (C=O) groups is 2. The van der Waals surface area contributed by atoms with Crippen molar-refractivity contribution in [1.82, 2.24) is 25.2 Å². The largest absolute Gasteiger partial charge is 0.327 e. The first-order valence-electron chi connectivity index (χ1n) is 9.69. The minimum Gasteiger partial charge on any atom is -0.315 e. The molecule has 1 saturated heterocycles. The molecule has 1 aromatic heterocycles. The summed E-state index contributed by atoms with van der Waals surface area (Å²) in [4.78, 5) is 40.5. The van der Waals surface area contributed by atoms with E-state index in [0.29, 0.717) is 22.0 Å². The molecule has 3 aromatic carbocycles. The molecule has 1 aliphatic rings. The molecule has 152 valence electrons. The highest BCUT2D eigenvalue weighted by Gasteiger charge is 2.53. The van der Waals surface area contributed by atoms with Crippen LogP contribution in [0.15, 0.2) is 89.7 Å². The van der Waals surface area contributed by atoms with Crippen LogP contribution in [0, 0.1) is 0 Å². The standard InChI is InChI=1S/C23H17N5O3/c29-20-18-13-7-8-14-19(18)25-26-28(20)15-27-21(30)23(24-22(27)31,16-9-3-1-4-10-16)17-11-5-2-6-12-17/h1-14H,15H2,(H,24,31). The minimum absolute atomic E-state index is 0.344. The number of imide groups is 1. The van der Waals surface area contributed by atoms with Crippen LogP contribution >= 0.6 is 0 Å². The van der Waals surface area contributed by atoms with Crippen LogP contribution in [-0.2, 0) is 17.0 Å². The molecule has 1 N–H and O–H groups in total. The molecule has 8 heteroatoms. The molecule has 5 rings (SSSR count). The lowest BCUT2D eigenvalue weighted by molar-refractivity contribution is -0.131. The SMILES string of the molecule is O=C1NC(c2ccccc2)(c2ccccc2)C(=O)N1Cn1nnc2ccccc2c1=O. The lowest BCUT2D eigenvalue weighted by Crippen LogP contribution is -2.45. The molecule has 31 heavy (non-hydrogen) atoms. The summed E-state index contributed by atoms with van der Waals surface area (Å²) >= 11 is 0. The van der Waals surface area contributed by atoms with Crippen LogP contribution in [-0.4, -0.2) is 31.8 Å². The Labute approximate surface area is 176 Å². The third kappa shape index (κ3) is 2.88. The Kier molecular flexibility index (Phi) is 4.32. The lowest BCUT2D eigenvalue weighted by atomic mass is 9.83. The van der Waals surface area contributed by atoms with E-state index in [1.54, 1.807) is 72.8 Å². The summed E-state index contributed by atoms with van der Waals surface area (Å²) in [6.07, 6.45) is 0. The number of carbonyl (C=O) groups excluding carboxylic acids is 2. The highest BCUT2D eigenvalue weighted by atomic mass is 16.2. The van der Waals surface area contributed by atoms with Gasteiger partial charge in [0.1, 0.15) is 12.2 Å². The summed E-state index contributed by atoms with van der Waals surface area (Å²) in [5.74, 6) is -0.489. The second-order valence-corrected chi connectivity index (χ2v) is 7.20. The number of rotatable bonds is 4. The molecule has 8 nitrogen and oxygen atoms in total. The van der Waals surface area contributed by atoms with Crippen molar-refractivity contribution in [2.75, 3.05) is 0 Å². The number of aromatic nitrogens is 3. The number of fused-ring (bicyclic) bond motifs is 1. The normalized spacial score (nSPS) is 15.3. The molecule has 4 aromatic rings. The van der Waals surface area contributed by atoms with E-state index in [1.807, 2.05) is 12.1 Å². The molecule has 3 amide bonds. The van der Waals surface area contributed by atoms with Gasteiger partial charge < -0.3 is 5.32 Å². The molecule has 0 aliphatic carbocycles. The van der Waals surface area contributed by atoms with E-state index >= 15 is 0 Å². The summed E-state index contributed by atoms with van der Waals surface area (Å²) in [6.45, 7) is -0.344. The van der Waals surface area contributed by atoms with Gasteiger partial charge in [-0.3, -0.25) is 9.59 Å². The van der Waals surface area contributed by atoms with E-state index in [1.165, 1.54) is 0 Å². The fraction of sp³-hybridized carbons (Fsp3) is 0.0870. The van der Waals surface area contributed by atoms with Gasteiger partial charge in [0.05, 0.1) is 5.39 Å². The van der Waals surface area contributed by atoms with Crippen LogP contribution in [0.1, 0.15) is 11.1 Å². The highest BCUT2D eigenvalue weighted by molar-refractivity contribution is 6.09. The van der Waals surface area contributed by atoms with Crippen LogP contribution < -0.4 is 10.9 Å². The van der Waals surface area contributed by atoms with Crippen LogP contribution in [0.2, 0.25) is 0 Å². The van der Waals surface area contributed by atoms with Gasteiger partial charge in [0.2, 0.25) is 0 Å². The highest BCUT2D eigenvalue weighted by Crippen LogP contribution is 2.36. The second kappa shape index (κ2) is 7.17. The maximum Gasteiger partial charge on any atom is 0.327 e. The Morgan fingerprint density at radius 2 is 1.35 bits per heavy atom. The summed E-state index contributed by atoms with van der Waals surface area (Å²) in [7, 11) is 0. The van der Waals surface area contributed by atoms with Crippen molar-refractivity contribution in [3.05, 3.63) is 106 Å². The van der Waals surface area contributed by atoms with E-state index in [4.69, 9.17) is 0 Å². The van der Waals surface area contributed by atoms with Gasteiger partial charge in [-0.15, -0.1) is 5.10 Å². The Balaban J connectivity index is 1.60. The number of amides is 3. The Morgan fingerprint density at radius 1 is 0.774 bits per heavy atom. The van der Waals surface area contributed by atoms with Crippen molar-refractivity contribution in [2.24, 2.45) is 0 Å². The second-order valence-electron chi connectivity index (χ2n) is 7.20. The molecule has 0 atom stereocenters. The van der Waals surface area contributed by atoms with Crippen LogP contribution in [0.4, 0.5) is 4.79 Å². The van der Waals surface area contributed by atoms with Gasteiger partial charge in [-0.1, -0.05) is 78.0 Å². The molecule has 0 unspecified atom stereocenters. The molecule has 2 heterocycles. The van der Waals surface area contributed by atoms with E-state index in [0.717, 1.165) is 9.58 Å². The number of nitrogens with one attached hydrogen (secondary N) is 1. The van der Waals surface area contributed by atoms with Crippen molar-refractivity contribution in [1.29, 1.82) is 0 Å². The molecule has 0 saturated carbocycles. The van der Waals surface area contributed by atoms with Crippen LogP contribution in [0.25, 0.3) is 10.9 Å². The number of urea groups is 1. The summed E-state index contributed by atoms with van der Waals surface area (Å²) in [5.41, 5.74) is -0.127. The predicted molar refractivity (Wildman–Crippen MR) is 113 cm³/mol. The van der Waals surface area contributed by atoms with E-state index in [-0.39, 0.29) is 6.67 Å². The van der Waals surface area contributed by atoms with Crippen LogP contribution in [0.5, 0.6) is 0 Å². The third-order valence-corrected chi connectivity index (χ3v) is 5.42. The molecule has 0 spiro atoms. The van der Waals surface area contributed by atoms with Crippen molar-refractivity contribution in [2.45, 2.75) is 12.2 Å². The van der Waals surface area contributed by atoms with Gasteiger partial charge in [0.25, 0.3) is 11.5 Å². The fourth-order valence-corrected chi connectivity index (χ4v) is 3.89.